The lowest BCUT2D eigenvalue weighted by atomic mass is 9.81. The van der Waals surface area contributed by atoms with Gasteiger partial charge in [-0.15, -0.1) is 0 Å². The second-order valence-electron chi connectivity index (χ2n) is 11.9. The molecular formula is C32H37ClN4O2. The van der Waals surface area contributed by atoms with Gasteiger partial charge in [-0.2, -0.15) is 0 Å². The minimum absolute atomic E-state index is 0.360. The van der Waals surface area contributed by atoms with Gasteiger partial charge < -0.3 is 19.1 Å². The fourth-order valence-corrected chi connectivity index (χ4v) is 7.73. The lowest BCUT2D eigenvalue weighted by Crippen LogP contribution is -2.43. The van der Waals surface area contributed by atoms with Crippen molar-refractivity contribution in [2.75, 3.05) is 33.2 Å². The van der Waals surface area contributed by atoms with Gasteiger partial charge in [0.2, 0.25) is 0 Å². The molecule has 0 bridgehead atoms. The Balaban J connectivity index is 1.46. The molecule has 7 rings (SSSR count). The summed E-state index contributed by atoms with van der Waals surface area (Å²) < 4.78 is 4.89. The Bertz CT molecular complexity index is 1570. The summed E-state index contributed by atoms with van der Waals surface area (Å²) in [6.45, 7) is 7.06. The number of aryl methyl sites for hydroxylation is 2. The van der Waals surface area contributed by atoms with E-state index in [2.05, 4.69) is 50.4 Å². The monoisotopic (exact) mass is 544 g/mol. The van der Waals surface area contributed by atoms with Gasteiger partial charge in [0, 0.05) is 73.9 Å². The van der Waals surface area contributed by atoms with Crippen LogP contribution >= 0.6 is 11.6 Å². The van der Waals surface area contributed by atoms with Crippen molar-refractivity contribution < 1.29 is 9.90 Å². The predicted octanol–water partition coefficient (Wildman–Crippen LogP) is 6.81. The van der Waals surface area contributed by atoms with Crippen molar-refractivity contribution in [3.8, 4) is 11.3 Å². The Labute approximate surface area is 234 Å². The highest BCUT2D eigenvalue weighted by Gasteiger charge is 2.30. The quantitative estimate of drug-likeness (QED) is 0.306. The van der Waals surface area contributed by atoms with E-state index in [0.29, 0.717) is 11.5 Å². The van der Waals surface area contributed by atoms with E-state index in [0.717, 1.165) is 62.8 Å². The molecule has 1 N–H and O–H groups in total. The molecule has 1 saturated carbocycles. The first-order chi connectivity index (χ1) is 19.0. The van der Waals surface area contributed by atoms with E-state index in [-0.39, 0.29) is 0 Å². The Hall–Kier alpha value is -2.80. The number of halogens is 1. The Kier molecular flexibility index (Phi) is 6.45. The fourth-order valence-electron chi connectivity index (χ4n) is 7.46. The van der Waals surface area contributed by atoms with E-state index in [1.807, 2.05) is 6.07 Å². The van der Waals surface area contributed by atoms with Crippen LogP contribution in [0.15, 0.2) is 36.5 Å². The fraction of sp³-hybridized carbons (Fsp3) is 0.469. The Morgan fingerprint density at radius 3 is 2.54 bits per heavy atom. The molecule has 2 aliphatic heterocycles. The van der Waals surface area contributed by atoms with Crippen molar-refractivity contribution in [3.05, 3.63) is 58.2 Å². The summed E-state index contributed by atoms with van der Waals surface area (Å²) in [7, 11) is 2.20. The largest absolute Gasteiger partial charge is 0.478 e. The number of hydrogen-bond acceptors (Lipinski definition) is 3. The molecule has 204 valence electrons. The van der Waals surface area contributed by atoms with Crippen molar-refractivity contribution in [2.24, 2.45) is 0 Å². The maximum Gasteiger partial charge on any atom is 0.335 e. The first-order valence-electron chi connectivity index (χ1n) is 14.6. The number of aromatic carboxylic acids is 1. The number of carbonyl (C=O) groups is 1. The third-order valence-corrected chi connectivity index (χ3v) is 9.75. The molecule has 2 aromatic heterocycles. The summed E-state index contributed by atoms with van der Waals surface area (Å²) in [6, 6.07) is 10.1. The zero-order chi connectivity index (χ0) is 26.7. The zero-order valence-corrected chi connectivity index (χ0v) is 23.5. The number of aromatic nitrogens is 2. The van der Waals surface area contributed by atoms with Crippen LogP contribution in [0.1, 0.15) is 65.9 Å². The molecular weight excluding hydrogens is 508 g/mol. The van der Waals surface area contributed by atoms with E-state index in [1.165, 1.54) is 70.8 Å². The number of benzene rings is 2. The summed E-state index contributed by atoms with van der Waals surface area (Å²) in [5, 5.41) is 13.0. The number of fused-ring (bicyclic) bond motifs is 4. The molecule has 0 unspecified atom stereocenters. The van der Waals surface area contributed by atoms with Crippen molar-refractivity contribution in [1.82, 2.24) is 18.9 Å². The first-order valence-corrected chi connectivity index (χ1v) is 15.0. The van der Waals surface area contributed by atoms with Gasteiger partial charge in [-0.05, 0) is 67.6 Å². The van der Waals surface area contributed by atoms with Gasteiger partial charge in [0.15, 0.2) is 0 Å². The lowest BCUT2D eigenvalue weighted by molar-refractivity contribution is 0.0697. The smallest absolute Gasteiger partial charge is 0.335 e. The van der Waals surface area contributed by atoms with Crippen LogP contribution in [0, 0.1) is 0 Å². The van der Waals surface area contributed by atoms with E-state index in [9.17, 15) is 9.90 Å². The number of carboxylic acids is 1. The number of nitrogens with zero attached hydrogens (tertiary/aromatic N) is 4. The topological polar surface area (TPSA) is 53.6 Å². The van der Waals surface area contributed by atoms with Crippen molar-refractivity contribution in [2.45, 2.75) is 64.1 Å². The lowest BCUT2D eigenvalue weighted by Gasteiger charge is -2.32. The Morgan fingerprint density at radius 2 is 1.77 bits per heavy atom. The highest BCUT2D eigenvalue weighted by atomic mass is 35.5. The number of hydrogen-bond donors (Lipinski definition) is 1. The summed E-state index contributed by atoms with van der Waals surface area (Å²) in [4.78, 5) is 16.9. The van der Waals surface area contributed by atoms with Crippen LogP contribution in [0.25, 0.3) is 33.1 Å². The number of carboxylic acid groups (broad SMARTS) is 1. The number of piperazine rings is 1. The summed E-state index contributed by atoms with van der Waals surface area (Å²) in [5.41, 5.74) is 7.92. The maximum atomic E-state index is 11.9. The van der Waals surface area contributed by atoms with Crippen LogP contribution < -0.4 is 0 Å². The maximum absolute atomic E-state index is 11.9. The molecule has 3 aliphatic rings. The SMILES string of the molecule is CN1CCN(Cc2cn3c4c(ccc(Cl)c24)-c2c(C4CCCCC4)c4ccc(C(=O)O)cc4n2CCC3)CC1. The molecule has 0 radical (unpaired) electrons. The van der Waals surface area contributed by atoms with Crippen LogP contribution in [0.3, 0.4) is 0 Å². The molecule has 1 aliphatic carbocycles. The highest BCUT2D eigenvalue weighted by molar-refractivity contribution is 6.36. The van der Waals surface area contributed by atoms with Gasteiger partial charge in [0.05, 0.1) is 21.8 Å². The summed E-state index contributed by atoms with van der Waals surface area (Å²) in [5.74, 6) is -0.375. The van der Waals surface area contributed by atoms with Gasteiger partial charge in [0.25, 0.3) is 0 Å². The third kappa shape index (κ3) is 4.28. The molecule has 6 nitrogen and oxygen atoms in total. The molecule has 1 saturated heterocycles. The second kappa shape index (κ2) is 9.99. The van der Waals surface area contributed by atoms with Gasteiger partial charge in [0.1, 0.15) is 0 Å². The standard InChI is InChI=1S/C32H37ClN4O2/c1-34-14-16-35(17-15-34)19-23-20-36-12-5-13-37-27-18-22(32(38)39)8-9-24(27)28(21-6-3-2-4-7-21)31(37)25-10-11-26(33)29(23)30(25)36/h8-11,18,20-21H,2-7,12-17,19H2,1H3,(H,38,39). The van der Waals surface area contributed by atoms with Gasteiger partial charge in [-0.1, -0.05) is 36.9 Å². The molecule has 39 heavy (non-hydrogen) atoms. The molecule has 0 spiro atoms. The van der Waals surface area contributed by atoms with Crippen molar-refractivity contribution >= 4 is 39.4 Å². The van der Waals surface area contributed by atoms with E-state index in [1.54, 1.807) is 6.07 Å². The normalized spacial score (nSPS) is 19.3. The molecule has 0 amide bonds. The molecule has 7 heteroatoms. The average Bonchev–Trinajstić information content (AvgIpc) is 3.45. The van der Waals surface area contributed by atoms with Crippen LogP contribution in [0.5, 0.6) is 0 Å². The van der Waals surface area contributed by atoms with Crippen LogP contribution in [-0.4, -0.2) is 63.2 Å². The van der Waals surface area contributed by atoms with Crippen molar-refractivity contribution in [3.63, 3.8) is 0 Å². The molecule has 4 aromatic rings. The summed E-state index contributed by atoms with van der Waals surface area (Å²) >= 11 is 7.00. The second-order valence-corrected chi connectivity index (χ2v) is 12.3. The number of rotatable bonds is 4. The zero-order valence-electron chi connectivity index (χ0n) is 22.8. The highest BCUT2D eigenvalue weighted by Crippen LogP contribution is 2.48. The van der Waals surface area contributed by atoms with Crippen LogP contribution in [0.2, 0.25) is 5.02 Å². The minimum Gasteiger partial charge on any atom is -0.478 e. The van der Waals surface area contributed by atoms with Crippen molar-refractivity contribution in [1.29, 1.82) is 0 Å². The van der Waals surface area contributed by atoms with Crippen LogP contribution in [0.4, 0.5) is 0 Å². The number of likely N-dealkylation sites (N-methyl/N-ethyl adjacent to an activating group) is 1. The average molecular weight is 545 g/mol. The molecule has 2 aromatic carbocycles. The van der Waals surface area contributed by atoms with Gasteiger partial charge in [-0.3, -0.25) is 4.90 Å². The van der Waals surface area contributed by atoms with E-state index in [4.69, 9.17) is 11.6 Å². The third-order valence-electron chi connectivity index (χ3n) is 9.44. The first kappa shape index (κ1) is 25.2. The minimum atomic E-state index is -0.867. The van der Waals surface area contributed by atoms with E-state index < -0.39 is 5.97 Å². The predicted molar refractivity (Wildman–Crippen MR) is 158 cm³/mol. The molecule has 2 fully saturated rings. The van der Waals surface area contributed by atoms with E-state index >= 15 is 0 Å². The Morgan fingerprint density at radius 1 is 0.974 bits per heavy atom. The summed E-state index contributed by atoms with van der Waals surface area (Å²) in [6.07, 6.45) is 9.55. The van der Waals surface area contributed by atoms with Gasteiger partial charge >= 0.3 is 5.97 Å². The van der Waals surface area contributed by atoms with Gasteiger partial charge in [-0.25, -0.2) is 4.79 Å². The molecule has 4 heterocycles. The molecule has 0 atom stereocenters. The van der Waals surface area contributed by atoms with Crippen LogP contribution in [-0.2, 0) is 19.6 Å².